The van der Waals surface area contributed by atoms with Gasteiger partial charge in [0.1, 0.15) is 12.7 Å². The minimum atomic E-state index is -0.227. The van der Waals surface area contributed by atoms with E-state index in [0.717, 1.165) is 17.1 Å². The van der Waals surface area contributed by atoms with Gasteiger partial charge in [0.2, 0.25) is 0 Å². The minimum absolute atomic E-state index is 0.213. The van der Waals surface area contributed by atoms with Gasteiger partial charge in [-0.2, -0.15) is 0 Å². The Labute approximate surface area is 133 Å². The number of nitrogens with two attached hydrogens (primary N) is 1. The molecule has 21 heavy (non-hydrogen) atoms. The van der Waals surface area contributed by atoms with E-state index in [0.29, 0.717) is 23.1 Å². The maximum absolute atomic E-state index is 6.25. The Hall–Kier alpha value is -1.42. The lowest BCUT2D eigenvalue weighted by molar-refractivity contribution is 0.0723. The van der Waals surface area contributed by atoms with Crippen LogP contribution in [-0.4, -0.2) is 18.8 Å². The van der Waals surface area contributed by atoms with Gasteiger partial charge in [-0.25, -0.2) is 0 Å². The van der Waals surface area contributed by atoms with Crippen molar-refractivity contribution in [1.82, 2.24) is 0 Å². The zero-order chi connectivity index (χ0) is 14.8. The Kier molecular flexibility index (Phi) is 4.24. The Balaban J connectivity index is 1.72. The molecule has 2 aromatic rings. The predicted molar refractivity (Wildman–Crippen MR) is 84.5 cm³/mol. The van der Waals surface area contributed by atoms with Crippen molar-refractivity contribution in [2.75, 3.05) is 6.61 Å². The lowest BCUT2D eigenvalue weighted by Gasteiger charge is -2.30. The van der Waals surface area contributed by atoms with E-state index in [9.17, 15) is 0 Å². The van der Waals surface area contributed by atoms with Crippen molar-refractivity contribution in [3.05, 3.63) is 58.1 Å². The van der Waals surface area contributed by atoms with Crippen LogP contribution < -0.4 is 15.2 Å². The molecule has 0 spiro atoms. The van der Waals surface area contributed by atoms with Gasteiger partial charge in [0, 0.05) is 6.04 Å². The molecule has 5 heteroatoms. The van der Waals surface area contributed by atoms with Crippen LogP contribution in [0.4, 0.5) is 0 Å². The van der Waals surface area contributed by atoms with Gasteiger partial charge >= 0.3 is 0 Å². The van der Waals surface area contributed by atoms with Crippen LogP contribution >= 0.6 is 23.2 Å². The van der Waals surface area contributed by atoms with E-state index in [1.807, 2.05) is 36.4 Å². The molecular formula is C16H15Cl2NO2. The summed E-state index contributed by atoms with van der Waals surface area (Å²) in [6.07, 6.45) is 0.366. The van der Waals surface area contributed by atoms with Crippen LogP contribution in [0.3, 0.4) is 0 Å². The Morgan fingerprint density at radius 2 is 1.86 bits per heavy atom. The standard InChI is InChI=1S/C16H15Cl2NO2/c17-11-5-3-4-10(16(11)18)8-12(19)15-9-20-13-6-1-2-7-14(13)21-15/h1-7,12,15H,8-9,19H2. The number of ether oxygens (including phenoxy) is 2. The number of halogens is 2. The van der Waals surface area contributed by atoms with Crippen LogP contribution in [-0.2, 0) is 6.42 Å². The largest absolute Gasteiger partial charge is 0.486 e. The third kappa shape index (κ3) is 3.10. The second kappa shape index (κ2) is 6.14. The molecule has 110 valence electrons. The van der Waals surface area contributed by atoms with E-state index < -0.39 is 0 Å². The van der Waals surface area contributed by atoms with Crippen LogP contribution in [0.1, 0.15) is 5.56 Å². The van der Waals surface area contributed by atoms with E-state index in [4.69, 9.17) is 38.4 Å². The maximum Gasteiger partial charge on any atom is 0.161 e. The van der Waals surface area contributed by atoms with Gasteiger partial charge in [-0.1, -0.05) is 47.5 Å². The van der Waals surface area contributed by atoms with E-state index in [-0.39, 0.29) is 12.1 Å². The Bertz CT molecular complexity index is 648. The summed E-state index contributed by atoms with van der Waals surface area (Å²) < 4.78 is 11.6. The van der Waals surface area contributed by atoms with Gasteiger partial charge in [0.25, 0.3) is 0 Å². The molecule has 2 aromatic carbocycles. The quantitative estimate of drug-likeness (QED) is 0.936. The van der Waals surface area contributed by atoms with Crippen LogP contribution in [0.15, 0.2) is 42.5 Å². The number of fused-ring (bicyclic) bond motifs is 1. The van der Waals surface area contributed by atoms with Crippen LogP contribution in [0.2, 0.25) is 10.0 Å². The highest BCUT2D eigenvalue weighted by Crippen LogP contribution is 2.32. The highest BCUT2D eigenvalue weighted by atomic mass is 35.5. The molecule has 0 saturated heterocycles. The van der Waals surface area contributed by atoms with Gasteiger partial charge in [0.15, 0.2) is 11.5 Å². The van der Waals surface area contributed by atoms with E-state index in [1.165, 1.54) is 0 Å². The molecule has 3 nitrogen and oxygen atoms in total. The van der Waals surface area contributed by atoms with Crippen molar-refractivity contribution >= 4 is 23.2 Å². The number of rotatable bonds is 3. The molecule has 1 heterocycles. The van der Waals surface area contributed by atoms with Crippen molar-refractivity contribution in [2.45, 2.75) is 18.6 Å². The molecule has 3 rings (SSSR count). The average molecular weight is 324 g/mol. The molecule has 2 N–H and O–H groups in total. The molecular weight excluding hydrogens is 309 g/mol. The molecule has 0 aromatic heterocycles. The summed E-state index contributed by atoms with van der Waals surface area (Å²) in [5, 5.41) is 1.08. The minimum Gasteiger partial charge on any atom is -0.486 e. The molecule has 0 saturated carbocycles. The van der Waals surface area contributed by atoms with Crippen molar-refractivity contribution in [3.8, 4) is 11.5 Å². The van der Waals surface area contributed by atoms with Gasteiger partial charge in [0.05, 0.1) is 10.0 Å². The summed E-state index contributed by atoms with van der Waals surface area (Å²) >= 11 is 12.2. The van der Waals surface area contributed by atoms with Gasteiger partial charge < -0.3 is 15.2 Å². The fourth-order valence-corrected chi connectivity index (χ4v) is 2.74. The summed E-state index contributed by atoms with van der Waals surface area (Å²) in [5.74, 6) is 1.48. The number of para-hydroxylation sites is 2. The van der Waals surface area contributed by atoms with Crippen molar-refractivity contribution in [3.63, 3.8) is 0 Å². The molecule has 0 amide bonds. The van der Waals surface area contributed by atoms with E-state index >= 15 is 0 Å². The molecule has 2 atom stereocenters. The van der Waals surface area contributed by atoms with Crippen LogP contribution in [0.5, 0.6) is 11.5 Å². The summed E-state index contributed by atoms with van der Waals surface area (Å²) in [6, 6.07) is 12.9. The monoisotopic (exact) mass is 323 g/mol. The molecule has 0 fully saturated rings. The summed E-state index contributed by atoms with van der Waals surface area (Å²) in [5.41, 5.74) is 7.17. The van der Waals surface area contributed by atoms with E-state index in [2.05, 4.69) is 0 Å². The van der Waals surface area contributed by atoms with Gasteiger partial charge in [-0.3, -0.25) is 0 Å². The second-order valence-corrected chi connectivity index (χ2v) is 5.78. The first-order valence-electron chi connectivity index (χ1n) is 6.72. The van der Waals surface area contributed by atoms with Crippen LogP contribution in [0.25, 0.3) is 0 Å². The van der Waals surface area contributed by atoms with Gasteiger partial charge in [-0.15, -0.1) is 0 Å². The fourth-order valence-electron chi connectivity index (χ4n) is 2.34. The van der Waals surface area contributed by atoms with Gasteiger partial charge in [-0.05, 0) is 30.2 Å². The fraction of sp³-hybridized carbons (Fsp3) is 0.250. The smallest absolute Gasteiger partial charge is 0.161 e. The second-order valence-electron chi connectivity index (χ2n) is 4.99. The molecule has 2 unspecified atom stereocenters. The normalized spacial score (nSPS) is 18.3. The average Bonchev–Trinajstić information content (AvgIpc) is 2.51. The highest BCUT2D eigenvalue weighted by Gasteiger charge is 2.27. The topological polar surface area (TPSA) is 44.5 Å². The highest BCUT2D eigenvalue weighted by molar-refractivity contribution is 6.42. The third-order valence-electron chi connectivity index (χ3n) is 3.50. The molecule has 1 aliphatic rings. The first kappa shape index (κ1) is 14.5. The SMILES string of the molecule is NC(Cc1cccc(Cl)c1Cl)C1COc2ccccc2O1. The molecule has 1 aliphatic heterocycles. The molecule has 0 radical (unpaired) electrons. The maximum atomic E-state index is 6.25. The third-order valence-corrected chi connectivity index (χ3v) is 4.35. The molecule has 0 aliphatic carbocycles. The number of benzene rings is 2. The predicted octanol–water partition coefficient (Wildman–Crippen LogP) is 3.70. The first-order chi connectivity index (χ1) is 10.1. The van der Waals surface area contributed by atoms with Crippen LogP contribution in [0, 0.1) is 0 Å². The lowest BCUT2D eigenvalue weighted by Crippen LogP contribution is -2.46. The Morgan fingerprint density at radius 1 is 1.10 bits per heavy atom. The first-order valence-corrected chi connectivity index (χ1v) is 7.47. The zero-order valence-corrected chi connectivity index (χ0v) is 12.8. The van der Waals surface area contributed by atoms with Crippen molar-refractivity contribution in [2.24, 2.45) is 5.73 Å². The lowest BCUT2D eigenvalue weighted by atomic mass is 10.0. The molecule has 0 bridgehead atoms. The number of hydrogen-bond donors (Lipinski definition) is 1. The van der Waals surface area contributed by atoms with E-state index in [1.54, 1.807) is 6.07 Å². The van der Waals surface area contributed by atoms with Crippen molar-refractivity contribution < 1.29 is 9.47 Å². The summed E-state index contributed by atoms with van der Waals surface area (Å²) in [4.78, 5) is 0. The zero-order valence-electron chi connectivity index (χ0n) is 11.3. The summed E-state index contributed by atoms with van der Waals surface area (Å²) in [6.45, 7) is 0.427. The van der Waals surface area contributed by atoms with Crippen molar-refractivity contribution in [1.29, 1.82) is 0 Å². The Morgan fingerprint density at radius 3 is 2.67 bits per heavy atom. The number of hydrogen-bond acceptors (Lipinski definition) is 3. The summed E-state index contributed by atoms with van der Waals surface area (Å²) in [7, 11) is 0.